The summed E-state index contributed by atoms with van der Waals surface area (Å²) in [5.74, 6) is 0.466. The minimum Gasteiger partial charge on any atom is -0.491 e. The van der Waals surface area contributed by atoms with Crippen LogP contribution in [0.2, 0.25) is 0 Å². The van der Waals surface area contributed by atoms with Gasteiger partial charge in [-0.2, -0.15) is 11.8 Å². The van der Waals surface area contributed by atoms with Gasteiger partial charge in [-0.25, -0.2) is 4.79 Å². The Morgan fingerprint density at radius 1 is 1.38 bits per heavy atom. The first-order chi connectivity index (χ1) is 11.6. The molecule has 1 amide bonds. The summed E-state index contributed by atoms with van der Waals surface area (Å²) in [6.07, 6.45) is 2.66. The van der Waals surface area contributed by atoms with Gasteiger partial charge in [-0.15, -0.1) is 0 Å². The Hall–Kier alpha value is -1.73. The third-order valence-electron chi connectivity index (χ3n) is 4.36. The van der Waals surface area contributed by atoms with Crippen LogP contribution in [0.3, 0.4) is 0 Å². The zero-order chi connectivity index (χ0) is 17.0. The number of amides is 1. The first kappa shape index (κ1) is 17.1. The molecule has 2 fully saturated rings. The van der Waals surface area contributed by atoms with Crippen LogP contribution in [-0.2, 0) is 9.53 Å². The molecule has 2 N–H and O–H groups in total. The second kappa shape index (κ2) is 7.44. The Kier molecular flexibility index (Phi) is 5.30. The Morgan fingerprint density at radius 2 is 2.17 bits per heavy atom. The van der Waals surface area contributed by atoms with Gasteiger partial charge in [-0.3, -0.25) is 4.79 Å². The summed E-state index contributed by atoms with van der Waals surface area (Å²) in [4.78, 5) is 23.8. The fraction of sp³-hybridized carbons (Fsp3) is 0.529. The van der Waals surface area contributed by atoms with Crippen molar-refractivity contribution in [3.05, 3.63) is 29.8 Å². The molecule has 1 aromatic rings. The summed E-state index contributed by atoms with van der Waals surface area (Å²) in [6.45, 7) is 1.29. The lowest BCUT2D eigenvalue weighted by atomic mass is 9.98. The number of carbonyl (C=O) groups is 2. The van der Waals surface area contributed by atoms with Gasteiger partial charge in [-0.1, -0.05) is 0 Å². The normalized spacial score (nSPS) is 26.2. The predicted molar refractivity (Wildman–Crippen MR) is 90.7 cm³/mol. The maximum atomic E-state index is 12.3. The van der Waals surface area contributed by atoms with E-state index in [-0.39, 0.29) is 12.0 Å². The summed E-state index contributed by atoms with van der Waals surface area (Å²) in [5.41, 5.74) is -0.728. The van der Waals surface area contributed by atoms with E-state index in [1.165, 1.54) is 0 Å². The van der Waals surface area contributed by atoms with Crippen LogP contribution in [0.5, 0.6) is 5.75 Å². The molecule has 2 atom stereocenters. The number of hydrogen-bond acceptors (Lipinski definition) is 5. The maximum Gasteiger partial charge on any atom is 0.330 e. The van der Waals surface area contributed by atoms with Crippen LogP contribution in [0, 0.1) is 0 Å². The molecule has 6 nitrogen and oxygen atoms in total. The fourth-order valence-corrected chi connectivity index (χ4v) is 4.17. The number of aliphatic carboxylic acids is 1. The summed E-state index contributed by atoms with van der Waals surface area (Å²) in [6, 6.07) is 6.75. The van der Waals surface area contributed by atoms with E-state index in [4.69, 9.17) is 9.47 Å². The first-order valence-electron chi connectivity index (χ1n) is 8.07. The van der Waals surface area contributed by atoms with E-state index in [9.17, 15) is 14.7 Å². The van der Waals surface area contributed by atoms with Gasteiger partial charge in [0.15, 0.2) is 0 Å². The smallest absolute Gasteiger partial charge is 0.330 e. The number of carboxylic acid groups (broad SMARTS) is 1. The lowest BCUT2D eigenvalue weighted by Gasteiger charge is -2.24. The van der Waals surface area contributed by atoms with Crippen LogP contribution >= 0.6 is 11.8 Å². The van der Waals surface area contributed by atoms with Gasteiger partial charge >= 0.3 is 5.97 Å². The summed E-state index contributed by atoms with van der Waals surface area (Å²) < 4.78 is 11.2. The standard InChI is InChI=1S/C17H21NO5S/c19-15(18-17(16(20)21)7-9-24-11-17)12-3-5-13(6-4-12)23-10-14-2-1-8-22-14/h3-6,14H,1-2,7-11H2,(H,18,19)(H,20,21). The van der Waals surface area contributed by atoms with E-state index in [1.54, 1.807) is 36.0 Å². The van der Waals surface area contributed by atoms with Crippen molar-refractivity contribution in [3.63, 3.8) is 0 Å². The number of benzene rings is 1. The predicted octanol–water partition coefficient (Wildman–Crippen LogP) is 1.93. The number of hydrogen-bond donors (Lipinski definition) is 2. The number of carbonyl (C=O) groups excluding carboxylic acids is 1. The van der Waals surface area contributed by atoms with E-state index in [1.807, 2.05) is 0 Å². The van der Waals surface area contributed by atoms with Crippen molar-refractivity contribution in [3.8, 4) is 5.75 Å². The average Bonchev–Trinajstić information content (AvgIpc) is 3.25. The van der Waals surface area contributed by atoms with Gasteiger partial charge in [0.2, 0.25) is 0 Å². The van der Waals surface area contributed by atoms with Gasteiger partial charge in [0.25, 0.3) is 5.91 Å². The quantitative estimate of drug-likeness (QED) is 0.815. The highest BCUT2D eigenvalue weighted by Gasteiger charge is 2.43. The van der Waals surface area contributed by atoms with Crippen LogP contribution < -0.4 is 10.1 Å². The molecule has 0 aliphatic carbocycles. The summed E-state index contributed by atoms with van der Waals surface area (Å²) >= 11 is 1.54. The summed E-state index contributed by atoms with van der Waals surface area (Å²) in [5, 5.41) is 12.1. The van der Waals surface area contributed by atoms with E-state index in [2.05, 4.69) is 5.32 Å². The van der Waals surface area contributed by atoms with Crippen molar-refractivity contribution in [1.82, 2.24) is 5.32 Å². The fourth-order valence-electron chi connectivity index (χ4n) is 2.84. The number of ether oxygens (including phenoxy) is 2. The molecule has 0 spiro atoms. The minimum absolute atomic E-state index is 0.142. The number of rotatable bonds is 6. The molecule has 0 bridgehead atoms. The number of thioether (sulfide) groups is 1. The van der Waals surface area contributed by atoms with Crippen molar-refractivity contribution in [2.75, 3.05) is 24.7 Å². The molecule has 2 aliphatic rings. The Morgan fingerprint density at radius 3 is 2.75 bits per heavy atom. The van der Waals surface area contributed by atoms with Crippen LogP contribution in [0.25, 0.3) is 0 Å². The maximum absolute atomic E-state index is 12.3. The van der Waals surface area contributed by atoms with Crippen molar-refractivity contribution >= 4 is 23.6 Å². The molecule has 2 unspecified atom stereocenters. The highest BCUT2D eigenvalue weighted by atomic mass is 32.2. The third kappa shape index (κ3) is 3.84. The van der Waals surface area contributed by atoms with Gasteiger partial charge in [0.1, 0.15) is 17.9 Å². The first-order valence-corrected chi connectivity index (χ1v) is 9.23. The van der Waals surface area contributed by atoms with E-state index in [0.717, 1.165) is 25.2 Å². The molecule has 3 rings (SSSR count). The van der Waals surface area contributed by atoms with Gasteiger partial charge in [0.05, 0.1) is 6.10 Å². The Balaban J connectivity index is 1.58. The molecule has 0 radical (unpaired) electrons. The lowest BCUT2D eigenvalue weighted by molar-refractivity contribution is -0.143. The molecule has 7 heteroatoms. The molecule has 2 heterocycles. The molecular formula is C17H21NO5S. The highest BCUT2D eigenvalue weighted by Crippen LogP contribution is 2.28. The molecule has 0 saturated carbocycles. The van der Waals surface area contributed by atoms with Crippen LogP contribution in [-0.4, -0.2) is 53.3 Å². The topological polar surface area (TPSA) is 84.9 Å². The Labute approximate surface area is 144 Å². The van der Waals surface area contributed by atoms with Crippen molar-refractivity contribution in [2.24, 2.45) is 0 Å². The summed E-state index contributed by atoms with van der Waals surface area (Å²) in [7, 11) is 0. The van der Waals surface area contributed by atoms with Crippen molar-refractivity contribution in [2.45, 2.75) is 30.9 Å². The van der Waals surface area contributed by atoms with Crippen molar-refractivity contribution in [1.29, 1.82) is 0 Å². The van der Waals surface area contributed by atoms with Crippen LogP contribution in [0.4, 0.5) is 0 Å². The van der Waals surface area contributed by atoms with Crippen LogP contribution in [0.15, 0.2) is 24.3 Å². The lowest BCUT2D eigenvalue weighted by Crippen LogP contribution is -2.54. The second-order valence-corrected chi connectivity index (χ2v) is 7.22. The largest absolute Gasteiger partial charge is 0.491 e. The van der Waals surface area contributed by atoms with Gasteiger partial charge in [-0.05, 0) is 49.3 Å². The Bertz CT molecular complexity index is 592. The second-order valence-electron chi connectivity index (χ2n) is 6.11. The van der Waals surface area contributed by atoms with Crippen LogP contribution in [0.1, 0.15) is 29.6 Å². The zero-order valence-electron chi connectivity index (χ0n) is 13.3. The molecule has 2 aliphatic heterocycles. The SMILES string of the molecule is O=C(NC1(C(=O)O)CCSC1)c1ccc(OCC2CCCO2)cc1. The van der Waals surface area contributed by atoms with E-state index < -0.39 is 11.5 Å². The minimum atomic E-state index is -1.16. The number of carboxylic acids is 1. The van der Waals surface area contributed by atoms with Gasteiger partial charge in [0, 0.05) is 17.9 Å². The van der Waals surface area contributed by atoms with Crippen molar-refractivity contribution < 1.29 is 24.2 Å². The zero-order valence-corrected chi connectivity index (χ0v) is 14.1. The average molecular weight is 351 g/mol. The highest BCUT2D eigenvalue weighted by molar-refractivity contribution is 7.99. The third-order valence-corrected chi connectivity index (χ3v) is 5.55. The molecule has 1 aromatic carbocycles. The molecule has 130 valence electrons. The number of nitrogens with one attached hydrogen (secondary N) is 1. The molecule has 2 saturated heterocycles. The van der Waals surface area contributed by atoms with Gasteiger partial charge < -0.3 is 19.9 Å². The monoisotopic (exact) mass is 351 g/mol. The molecule has 24 heavy (non-hydrogen) atoms. The van der Waals surface area contributed by atoms with E-state index in [0.29, 0.717) is 30.1 Å². The molecule has 0 aromatic heterocycles. The van der Waals surface area contributed by atoms with E-state index >= 15 is 0 Å². The molecular weight excluding hydrogens is 330 g/mol.